The zero-order valence-corrected chi connectivity index (χ0v) is 9.02. The number of hydrogen-bond donors (Lipinski definition) is 1. The molecule has 1 saturated heterocycles. The maximum Gasteiger partial charge on any atom is 0.123 e. The Morgan fingerprint density at radius 3 is 1.58 bits per heavy atom. The zero-order chi connectivity index (χ0) is 9.62. The van der Waals surface area contributed by atoms with E-state index in [1.165, 1.54) is 6.42 Å². The molecule has 0 spiro atoms. The van der Waals surface area contributed by atoms with E-state index in [0.29, 0.717) is 0 Å². The van der Waals surface area contributed by atoms with Crippen LogP contribution in [0.3, 0.4) is 0 Å². The summed E-state index contributed by atoms with van der Waals surface area (Å²) < 4.78 is 0.153. The van der Waals surface area contributed by atoms with Gasteiger partial charge in [-0.3, -0.25) is 0 Å². The van der Waals surface area contributed by atoms with Crippen LogP contribution in [-0.4, -0.2) is 28.0 Å². The van der Waals surface area contributed by atoms with E-state index in [0.717, 1.165) is 12.8 Å². The number of nitrogens with zero attached hydrogens (tertiary/aromatic N) is 1. The highest BCUT2D eigenvalue weighted by Crippen LogP contribution is 2.41. The Morgan fingerprint density at radius 2 is 1.33 bits per heavy atom. The van der Waals surface area contributed by atoms with Gasteiger partial charge in [0.15, 0.2) is 0 Å². The Labute approximate surface area is 75.7 Å². The molecule has 0 aromatic rings. The third-order valence-corrected chi connectivity index (χ3v) is 3.93. The Hall–Kier alpha value is -0.0800. The van der Waals surface area contributed by atoms with Crippen molar-refractivity contribution in [2.24, 2.45) is 0 Å². The molecular formula is C10H22NO+. The van der Waals surface area contributed by atoms with Crippen molar-refractivity contribution in [3.63, 3.8) is 0 Å². The average molecular weight is 172 g/mol. The monoisotopic (exact) mass is 172 g/mol. The SMILES string of the molecule is CC1(C)CCCC(C)(C)[N+]1(C)O. The van der Waals surface area contributed by atoms with Gasteiger partial charge >= 0.3 is 0 Å². The molecule has 2 heteroatoms. The van der Waals surface area contributed by atoms with Crippen molar-refractivity contribution in [1.82, 2.24) is 0 Å². The highest BCUT2D eigenvalue weighted by molar-refractivity contribution is 4.82. The largest absolute Gasteiger partial charge is 0.216 e. The van der Waals surface area contributed by atoms with Crippen molar-refractivity contribution in [1.29, 1.82) is 0 Å². The van der Waals surface area contributed by atoms with Gasteiger partial charge in [-0.25, -0.2) is 5.21 Å². The molecule has 0 bridgehead atoms. The van der Waals surface area contributed by atoms with Gasteiger partial charge < -0.3 is 0 Å². The van der Waals surface area contributed by atoms with Crippen molar-refractivity contribution >= 4 is 0 Å². The molecule has 1 fully saturated rings. The number of likely N-dealkylation sites (tertiary alicyclic amines) is 1. The van der Waals surface area contributed by atoms with Gasteiger partial charge in [-0.2, -0.15) is 4.65 Å². The molecule has 1 aliphatic rings. The molecule has 0 aliphatic carbocycles. The van der Waals surface area contributed by atoms with Gasteiger partial charge in [0.25, 0.3) is 0 Å². The lowest BCUT2D eigenvalue weighted by molar-refractivity contribution is -1.16. The van der Waals surface area contributed by atoms with Crippen LogP contribution in [0.4, 0.5) is 0 Å². The fourth-order valence-electron chi connectivity index (χ4n) is 2.21. The van der Waals surface area contributed by atoms with Crippen molar-refractivity contribution < 1.29 is 9.85 Å². The third-order valence-electron chi connectivity index (χ3n) is 3.93. The molecule has 0 atom stereocenters. The van der Waals surface area contributed by atoms with Gasteiger partial charge in [-0.05, 0) is 34.1 Å². The van der Waals surface area contributed by atoms with Gasteiger partial charge in [0.2, 0.25) is 0 Å². The average Bonchev–Trinajstić information content (AvgIpc) is 1.83. The van der Waals surface area contributed by atoms with E-state index in [-0.39, 0.29) is 15.7 Å². The van der Waals surface area contributed by atoms with E-state index in [1.54, 1.807) is 0 Å². The van der Waals surface area contributed by atoms with E-state index in [9.17, 15) is 5.21 Å². The van der Waals surface area contributed by atoms with Crippen LogP contribution >= 0.6 is 0 Å². The summed E-state index contributed by atoms with van der Waals surface area (Å²) in [6.07, 6.45) is 3.46. The topological polar surface area (TPSA) is 20.2 Å². The van der Waals surface area contributed by atoms with Crippen LogP contribution in [0.1, 0.15) is 47.0 Å². The quantitative estimate of drug-likeness (QED) is 0.557. The van der Waals surface area contributed by atoms with E-state index in [4.69, 9.17) is 0 Å². The molecule has 0 aromatic heterocycles. The normalized spacial score (nSPS) is 31.5. The number of quaternary nitrogens is 1. The number of hydroxylamine groups is 3. The first-order chi connectivity index (χ1) is 5.21. The van der Waals surface area contributed by atoms with E-state index >= 15 is 0 Å². The summed E-state index contributed by atoms with van der Waals surface area (Å²) in [5.41, 5.74) is 0.00347. The Balaban J connectivity index is 2.99. The molecule has 1 N–H and O–H groups in total. The fourth-order valence-corrected chi connectivity index (χ4v) is 2.21. The molecule has 72 valence electrons. The lowest BCUT2D eigenvalue weighted by atomic mass is 9.80. The van der Waals surface area contributed by atoms with Crippen LogP contribution in [0.2, 0.25) is 0 Å². The summed E-state index contributed by atoms with van der Waals surface area (Å²) in [6.45, 7) is 8.59. The minimum absolute atomic E-state index is 0.00174. The van der Waals surface area contributed by atoms with Crippen LogP contribution in [0.5, 0.6) is 0 Å². The Bertz CT molecular complexity index is 164. The van der Waals surface area contributed by atoms with Crippen LogP contribution in [-0.2, 0) is 0 Å². The Morgan fingerprint density at radius 1 is 1.00 bits per heavy atom. The van der Waals surface area contributed by atoms with Gasteiger partial charge in [0.1, 0.15) is 11.1 Å². The lowest BCUT2D eigenvalue weighted by Crippen LogP contribution is -2.69. The van der Waals surface area contributed by atoms with Crippen molar-refractivity contribution in [3.05, 3.63) is 0 Å². The first kappa shape index (κ1) is 10.0. The second-order valence-electron chi connectivity index (χ2n) is 5.44. The molecular weight excluding hydrogens is 150 g/mol. The van der Waals surface area contributed by atoms with Crippen molar-refractivity contribution in [3.8, 4) is 0 Å². The molecule has 0 radical (unpaired) electrons. The molecule has 1 aliphatic heterocycles. The minimum Gasteiger partial charge on any atom is -0.216 e. The van der Waals surface area contributed by atoms with Crippen molar-refractivity contribution in [2.75, 3.05) is 7.05 Å². The number of piperidine rings is 1. The first-order valence-corrected chi connectivity index (χ1v) is 4.80. The minimum atomic E-state index is 0.00174. The van der Waals surface area contributed by atoms with Crippen LogP contribution in [0.25, 0.3) is 0 Å². The van der Waals surface area contributed by atoms with Gasteiger partial charge in [0, 0.05) is 12.8 Å². The highest BCUT2D eigenvalue weighted by atomic mass is 16.6. The molecule has 0 unspecified atom stereocenters. The van der Waals surface area contributed by atoms with Gasteiger partial charge in [0.05, 0.1) is 7.05 Å². The lowest BCUT2D eigenvalue weighted by Gasteiger charge is -2.53. The first-order valence-electron chi connectivity index (χ1n) is 4.80. The number of rotatable bonds is 0. The van der Waals surface area contributed by atoms with Crippen LogP contribution in [0.15, 0.2) is 0 Å². The zero-order valence-electron chi connectivity index (χ0n) is 9.02. The summed E-state index contributed by atoms with van der Waals surface area (Å²) in [6, 6.07) is 0. The maximum atomic E-state index is 10.4. The second-order valence-corrected chi connectivity index (χ2v) is 5.44. The molecule has 2 nitrogen and oxygen atoms in total. The van der Waals surface area contributed by atoms with Crippen molar-refractivity contribution in [2.45, 2.75) is 58.0 Å². The Kier molecular flexibility index (Phi) is 2.05. The molecule has 12 heavy (non-hydrogen) atoms. The molecule has 0 amide bonds. The summed E-state index contributed by atoms with van der Waals surface area (Å²) >= 11 is 0. The van der Waals surface area contributed by atoms with Gasteiger partial charge in [-0.15, -0.1) is 0 Å². The van der Waals surface area contributed by atoms with Crippen LogP contribution < -0.4 is 0 Å². The second kappa shape index (κ2) is 2.46. The molecule has 0 saturated carbocycles. The maximum absolute atomic E-state index is 10.4. The third kappa shape index (κ3) is 1.17. The molecule has 1 rings (SSSR count). The van der Waals surface area contributed by atoms with E-state index in [2.05, 4.69) is 27.7 Å². The fraction of sp³-hybridized carbons (Fsp3) is 1.00. The molecule has 0 aromatic carbocycles. The van der Waals surface area contributed by atoms with Crippen LogP contribution in [0, 0.1) is 0 Å². The predicted molar refractivity (Wildman–Crippen MR) is 50.0 cm³/mol. The standard InChI is InChI=1S/C10H22NO/c1-9(2)7-6-8-10(3,4)11(9,5)12/h12H,6-8H2,1-5H3/q+1. The summed E-state index contributed by atoms with van der Waals surface area (Å²) in [5.74, 6) is 0. The summed E-state index contributed by atoms with van der Waals surface area (Å²) in [5, 5.41) is 10.4. The molecule has 1 heterocycles. The van der Waals surface area contributed by atoms with Gasteiger partial charge in [-0.1, -0.05) is 0 Å². The smallest absolute Gasteiger partial charge is 0.123 e. The summed E-state index contributed by atoms with van der Waals surface area (Å²) in [4.78, 5) is 0. The van der Waals surface area contributed by atoms with E-state index < -0.39 is 0 Å². The number of hydrogen-bond acceptors (Lipinski definition) is 1. The summed E-state index contributed by atoms with van der Waals surface area (Å²) in [7, 11) is 1.93. The predicted octanol–water partition coefficient (Wildman–Crippen LogP) is 2.56. The van der Waals surface area contributed by atoms with E-state index in [1.807, 2.05) is 7.05 Å². The highest BCUT2D eigenvalue weighted by Gasteiger charge is 2.53.